The van der Waals surface area contributed by atoms with E-state index in [-0.39, 0.29) is 19.0 Å². The summed E-state index contributed by atoms with van der Waals surface area (Å²) >= 11 is 4.87. The molecule has 0 amide bonds. The first-order valence-electron chi connectivity index (χ1n) is 15.3. The zero-order valence-electron chi connectivity index (χ0n) is 25.7. The number of nitrogens with zero attached hydrogens (tertiary/aromatic N) is 3. The lowest BCUT2D eigenvalue weighted by molar-refractivity contribution is -0.139. The summed E-state index contributed by atoms with van der Waals surface area (Å²) < 4.78 is 22.3. The molecule has 46 heavy (non-hydrogen) atoms. The van der Waals surface area contributed by atoms with Gasteiger partial charge in [-0.05, 0) is 67.8 Å². The van der Waals surface area contributed by atoms with Crippen molar-refractivity contribution in [1.29, 1.82) is 0 Å². The van der Waals surface area contributed by atoms with Crippen molar-refractivity contribution in [2.45, 2.75) is 46.2 Å². The molecule has 1 atom stereocenters. The minimum Gasteiger partial charge on any atom is -0.463 e. The van der Waals surface area contributed by atoms with E-state index in [4.69, 9.17) is 19.2 Å². The number of ether oxygens (including phenoxy) is 3. The fourth-order valence-electron chi connectivity index (χ4n) is 6.27. The molecule has 2 aliphatic rings. The average Bonchev–Trinajstić information content (AvgIpc) is 3.72. The number of carbonyl (C=O) groups is 1. The molecule has 0 fully saturated rings. The van der Waals surface area contributed by atoms with E-state index >= 15 is 0 Å². The van der Waals surface area contributed by atoms with E-state index in [0.717, 1.165) is 38.6 Å². The van der Waals surface area contributed by atoms with Crippen LogP contribution in [0.4, 0.5) is 0 Å². The van der Waals surface area contributed by atoms with Crippen LogP contribution in [0.25, 0.3) is 17.0 Å². The van der Waals surface area contributed by atoms with E-state index < -0.39 is 12.0 Å². The van der Waals surface area contributed by atoms with Gasteiger partial charge in [0.2, 0.25) is 6.79 Å². The van der Waals surface area contributed by atoms with E-state index in [2.05, 4.69) is 51.7 Å². The van der Waals surface area contributed by atoms with Crippen molar-refractivity contribution in [3.8, 4) is 11.5 Å². The molecule has 0 unspecified atom stereocenters. The molecular formula is C36H32BrN3O5S. The normalized spacial score (nSPS) is 15.7. The third-order valence-corrected chi connectivity index (χ3v) is 9.93. The number of para-hydroxylation sites is 1. The van der Waals surface area contributed by atoms with Crippen LogP contribution >= 0.6 is 27.3 Å². The molecule has 8 nitrogen and oxygen atoms in total. The predicted molar refractivity (Wildman–Crippen MR) is 182 cm³/mol. The Balaban J connectivity index is 1.43. The van der Waals surface area contributed by atoms with Crippen molar-refractivity contribution in [3.63, 3.8) is 0 Å². The summed E-state index contributed by atoms with van der Waals surface area (Å²) in [5.74, 6) is 0.728. The summed E-state index contributed by atoms with van der Waals surface area (Å²) in [4.78, 5) is 33.5. The average molecular weight is 699 g/mol. The number of esters is 1. The third-order valence-electron chi connectivity index (χ3n) is 8.41. The summed E-state index contributed by atoms with van der Waals surface area (Å²) in [6.45, 7) is 6.94. The largest absolute Gasteiger partial charge is 0.463 e. The number of fused-ring (bicyclic) bond motifs is 3. The zero-order chi connectivity index (χ0) is 31.9. The van der Waals surface area contributed by atoms with Gasteiger partial charge in [0.15, 0.2) is 16.3 Å². The van der Waals surface area contributed by atoms with Crippen molar-refractivity contribution in [3.05, 3.63) is 125 Å². The summed E-state index contributed by atoms with van der Waals surface area (Å²) in [7, 11) is 0. The van der Waals surface area contributed by atoms with Gasteiger partial charge in [0.1, 0.15) is 0 Å². The van der Waals surface area contributed by atoms with Crippen molar-refractivity contribution < 1.29 is 19.0 Å². The standard InChI is InChI=1S/C36H32BrN3O5S/c1-4-8-27-32(35(42)43-5-2)33(23-13-16-29-30(17-23)45-20-44-29)40-34(41)31(46-36(40)38-27)18-26-21(3)39(28-10-7-6-9-25(26)28)19-22-11-14-24(37)15-12-22/h6-7,9-18,33H,4-5,8,19-20H2,1-3H3/b31-18-/t33-/m1/s1. The Hall–Kier alpha value is -4.41. The number of hydrogen-bond donors (Lipinski definition) is 0. The maximum atomic E-state index is 14.4. The molecule has 0 N–H and O–H groups in total. The van der Waals surface area contributed by atoms with Gasteiger partial charge in [0, 0.05) is 33.2 Å². The molecule has 0 spiro atoms. The van der Waals surface area contributed by atoms with E-state index in [0.29, 0.717) is 45.1 Å². The van der Waals surface area contributed by atoms with Gasteiger partial charge < -0.3 is 18.8 Å². The van der Waals surface area contributed by atoms with Gasteiger partial charge in [-0.25, -0.2) is 9.79 Å². The van der Waals surface area contributed by atoms with E-state index in [9.17, 15) is 9.59 Å². The Morgan fingerprint density at radius 1 is 1.09 bits per heavy atom. The van der Waals surface area contributed by atoms with E-state index in [1.807, 2.05) is 55.5 Å². The molecule has 234 valence electrons. The second-order valence-corrected chi connectivity index (χ2v) is 13.2. The molecule has 0 aliphatic carbocycles. The first-order chi connectivity index (χ1) is 22.4. The lowest BCUT2D eigenvalue weighted by atomic mass is 9.94. The van der Waals surface area contributed by atoms with Crippen LogP contribution in [0.2, 0.25) is 0 Å². The highest BCUT2D eigenvalue weighted by Gasteiger charge is 2.35. The predicted octanol–water partition coefficient (Wildman–Crippen LogP) is 6.38. The molecule has 5 aromatic rings. The second kappa shape index (κ2) is 12.4. The summed E-state index contributed by atoms with van der Waals surface area (Å²) in [5.41, 5.74) is 5.84. The molecule has 2 aromatic heterocycles. The van der Waals surface area contributed by atoms with Crippen LogP contribution in [0, 0.1) is 6.92 Å². The smallest absolute Gasteiger partial charge is 0.338 e. The highest BCUT2D eigenvalue weighted by molar-refractivity contribution is 9.10. The maximum absolute atomic E-state index is 14.4. The highest BCUT2D eigenvalue weighted by atomic mass is 79.9. The zero-order valence-corrected chi connectivity index (χ0v) is 28.1. The molecule has 10 heteroatoms. The van der Waals surface area contributed by atoms with Gasteiger partial charge in [0.05, 0.1) is 28.5 Å². The van der Waals surface area contributed by atoms with Gasteiger partial charge in [0.25, 0.3) is 5.56 Å². The van der Waals surface area contributed by atoms with Gasteiger partial charge in [-0.3, -0.25) is 9.36 Å². The van der Waals surface area contributed by atoms with Gasteiger partial charge >= 0.3 is 5.97 Å². The van der Waals surface area contributed by atoms with Crippen molar-refractivity contribution in [2.24, 2.45) is 4.99 Å². The molecule has 4 heterocycles. The molecule has 0 saturated carbocycles. The lowest BCUT2D eigenvalue weighted by Crippen LogP contribution is -2.40. The molecule has 7 rings (SSSR count). The number of allylic oxidation sites excluding steroid dienone is 1. The van der Waals surface area contributed by atoms with Gasteiger partial charge in [-0.15, -0.1) is 0 Å². The quantitative estimate of drug-likeness (QED) is 0.176. The minimum absolute atomic E-state index is 0.123. The van der Waals surface area contributed by atoms with Gasteiger partial charge in [-0.1, -0.05) is 77.0 Å². The number of halogens is 1. The third kappa shape index (κ3) is 5.29. The Bertz CT molecular complexity index is 2210. The molecule has 0 saturated heterocycles. The van der Waals surface area contributed by atoms with Crippen LogP contribution < -0.4 is 24.4 Å². The summed E-state index contributed by atoms with van der Waals surface area (Å²) in [6.07, 6.45) is 3.33. The number of rotatable bonds is 8. The highest BCUT2D eigenvalue weighted by Crippen LogP contribution is 2.39. The Labute approximate surface area is 278 Å². The second-order valence-electron chi connectivity index (χ2n) is 11.3. The SMILES string of the molecule is CCCC1=C(C(=O)OCC)[C@@H](c2ccc3c(c2)OCO3)n2c(s/c(=C\c3c(C)n(Cc4ccc(Br)cc4)c4ccccc34)c2=O)=N1. The van der Waals surface area contributed by atoms with E-state index in [1.54, 1.807) is 11.5 Å². The first-order valence-corrected chi connectivity index (χ1v) is 16.9. The Morgan fingerprint density at radius 3 is 2.65 bits per heavy atom. The number of benzene rings is 3. The van der Waals surface area contributed by atoms with Crippen LogP contribution in [0.15, 0.2) is 92.3 Å². The lowest BCUT2D eigenvalue weighted by Gasteiger charge is -2.25. The fourth-order valence-corrected chi connectivity index (χ4v) is 7.53. The van der Waals surface area contributed by atoms with Crippen LogP contribution in [0.1, 0.15) is 55.1 Å². The number of aromatic nitrogens is 2. The van der Waals surface area contributed by atoms with Crippen LogP contribution in [0.3, 0.4) is 0 Å². The Kier molecular flexibility index (Phi) is 8.16. The number of carbonyl (C=O) groups excluding carboxylic acids is 1. The molecule has 0 bridgehead atoms. The summed E-state index contributed by atoms with van der Waals surface area (Å²) in [6, 6.07) is 21.4. The molecule has 3 aromatic carbocycles. The molecule has 0 radical (unpaired) electrons. The monoisotopic (exact) mass is 697 g/mol. The van der Waals surface area contributed by atoms with Crippen molar-refractivity contribution >= 4 is 50.2 Å². The van der Waals surface area contributed by atoms with Gasteiger partial charge in [-0.2, -0.15) is 0 Å². The molecular weight excluding hydrogens is 666 g/mol. The van der Waals surface area contributed by atoms with Crippen LogP contribution in [-0.4, -0.2) is 28.5 Å². The van der Waals surface area contributed by atoms with Crippen LogP contribution in [0.5, 0.6) is 11.5 Å². The van der Waals surface area contributed by atoms with Crippen molar-refractivity contribution in [2.75, 3.05) is 13.4 Å². The maximum Gasteiger partial charge on any atom is 0.338 e. The number of hydrogen-bond acceptors (Lipinski definition) is 7. The van der Waals surface area contributed by atoms with E-state index in [1.165, 1.54) is 16.9 Å². The number of thiazole rings is 1. The Morgan fingerprint density at radius 2 is 1.87 bits per heavy atom. The summed E-state index contributed by atoms with van der Waals surface area (Å²) in [5, 5.41) is 1.06. The first kappa shape index (κ1) is 30.3. The molecule has 2 aliphatic heterocycles. The topological polar surface area (TPSA) is 84.0 Å². The van der Waals surface area contributed by atoms with Crippen LogP contribution in [-0.2, 0) is 16.1 Å². The van der Waals surface area contributed by atoms with Crippen molar-refractivity contribution in [1.82, 2.24) is 9.13 Å². The minimum atomic E-state index is -0.728. The fraction of sp³-hybridized carbons (Fsp3) is 0.250.